The Kier molecular flexibility index (Phi) is 44.7. The van der Waals surface area contributed by atoms with Gasteiger partial charge in [-0.25, -0.2) is 0 Å². The Morgan fingerprint density at radius 3 is 0.966 bits per heavy atom. The van der Waals surface area contributed by atoms with Gasteiger partial charge in [-0.3, -0.25) is 14.4 Å². The van der Waals surface area contributed by atoms with E-state index in [0.29, 0.717) is 19.3 Å². The Morgan fingerprint density at radius 1 is 0.356 bits per heavy atom. The summed E-state index contributed by atoms with van der Waals surface area (Å²) < 4.78 is 16.8. The molecular weight excluding hydrogens is 733 g/mol. The van der Waals surface area contributed by atoms with Crippen LogP contribution in [0, 0.1) is 11.8 Å². The Morgan fingerprint density at radius 2 is 0.644 bits per heavy atom. The lowest BCUT2D eigenvalue weighted by Gasteiger charge is -2.18. The minimum Gasteiger partial charge on any atom is -0.462 e. The molecule has 0 fully saturated rings. The molecule has 0 saturated heterocycles. The van der Waals surface area contributed by atoms with Gasteiger partial charge in [0.15, 0.2) is 6.10 Å². The number of rotatable bonds is 47. The van der Waals surface area contributed by atoms with Crippen molar-refractivity contribution in [2.75, 3.05) is 13.2 Å². The normalized spacial score (nSPS) is 12.5. The maximum atomic E-state index is 12.8. The Bertz CT molecular complexity index is 902. The maximum Gasteiger partial charge on any atom is 0.306 e. The highest BCUT2D eigenvalue weighted by Crippen LogP contribution is 2.18. The summed E-state index contributed by atoms with van der Waals surface area (Å²) in [6, 6.07) is 0. The highest BCUT2D eigenvalue weighted by molar-refractivity contribution is 5.71. The third kappa shape index (κ3) is 45.8. The molecule has 0 saturated carbocycles. The molecule has 0 heterocycles. The van der Waals surface area contributed by atoms with Crippen LogP contribution in [0.3, 0.4) is 0 Å². The zero-order chi connectivity index (χ0) is 43.3. The van der Waals surface area contributed by atoms with Gasteiger partial charge in [-0.05, 0) is 31.1 Å². The van der Waals surface area contributed by atoms with Crippen molar-refractivity contribution in [2.45, 2.75) is 298 Å². The standard InChI is InChI=1S/C53H102O6/c1-6-8-9-10-11-12-13-16-20-23-28-33-38-43-51(54)57-46-50(47-58-52(55)44-39-34-30-25-26-31-36-41-48(3)4)59-53(56)45-40-35-29-24-21-18-15-14-17-19-22-27-32-37-42-49(5)7-2/h48-50H,6-47H2,1-5H3/t49?,50-/m0/s1. The van der Waals surface area contributed by atoms with Gasteiger partial charge < -0.3 is 14.2 Å². The topological polar surface area (TPSA) is 78.9 Å². The molecule has 0 aliphatic heterocycles. The first-order valence-electron chi connectivity index (χ1n) is 26.3. The van der Waals surface area contributed by atoms with Gasteiger partial charge in [0.25, 0.3) is 0 Å². The van der Waals surface area contributed by atoms with Crippen molar-refractivity contribution in [1.82, 2.24) is 0 Å². The Balaban J connectivity index is 4.28. The molecule has 6 nitrogen and oxygen atoms in total. The van der Waals surface area contributed by atoms with Crippen molar-refractivity contribution in [3.05, 3.63) is 0 Å². The van der Waals surface area contributed by atoms with Crippen molar-refractivity contribution >= 4 is 17.9 Å². The predicted octanol–water partition coefficient (Wildman–Crippen LogP) is 16.9. The highest BCUT2D eigenvalue weighted by atomic mass is 16.6. The predicted molar refractivity (Wildman–Crippen MR) is 252 cm³/mol. The Hall–Kier alpha value is -1.59. The fourth-order valence-corrected chi connectivity index (χ4v) is 7.96. The second-order valence-corrected chi connectivity index (χ2v) is 18.9. The molecule has 6 heteroatoms. The zero-order valence-corrected chi connectivity index (χ0v) is 40.4. The van der Waals surface area contributed by atoms with Crippen LogP contribution in [0.15, 0.2) is 0 Å². The molecule has 0 amide bonds. The minimum absolute atomic E-state index is 0.0640. The smallest absolute Gasteiger partial charge is 0.306 e. The van der Waals surface area contributed by atoms with Crippen LogP contribution in [0.25, 0.3) is 0 Å². The highest BCUT2D eigenvalue weighted by Gasteiger charge is 2.19. The first-order chi connectivity index (χ1) is 28.8. The fraction of sp³-hybridized carbons (Fsp3) is 0.943. The monoisotopic (exact) mass is 835 g/mol. The largest absolute Gasteiger partial charge is 0.462 e. The van der Waals surface area contributed by atoms with Gasteiger partial charge in [0.2, 0.25) is 0 Å². The summed E-state index contributed by atoms with van der Waals surface area (Å²) in [5, 5.41) is 0. The van der Waals surface area contributed by atoms with E-state index in [1.165, 1.54) is 180 Å². The third-order valence-electron chi connectivity index (χ3n) is 12.3. The van der Waals surface area contributed by atoms with Crippen LogP contribution in [-0.4, -0.2) is 37.2 Å². The number of unbranched alkanes of at least 4 members (excludes halogenated alkanes) is 31. The lowest BCUT2D eigenvalue weighted by atomic mass is 9.99. The quantitative estimate of drug-likeness (QED) is 0.0345. The number of hydrogen-bond donors (Lipinski definition) is 0. The molecule has 350 valence electrons. The SMILES string of the molecule is CCCCCCCCCCCCCCCC(=O)OC[C@@H](COC(=O)CCCCCCCCCC(C)C)OC(=O)CCCCCCCCCCCCCCCCC(C)CC. The van der Waals surface area contributed by atoms with Crippen LogP contribution in [0.1, 0.15) is 291 Å². The van der Waals surface area contributed by atoms with E-state index in [1.807, 2.05) is 0 Å². The van der Waals surface area contributed by atoms with Crippen molar-refractivity contribution in [3.63, 3.8) is 0 Å². The van der Waals surface area contributed by atoms with Gasteiger partial charge in [-0.1, -0.05) is 253 Å². The van der Waals surface area contributed by atoms with E-state index in [2.05, 4.69) is 34.6 Å². The van der Waals surface area contributed by atoms with Crippen LogP contribution >= 0.6 is 0 Å². The van der Waals surface area contributed by atoms with Crippen LogP contribution in [0.2, 0.25) is 0 Å². The minimum atomic E-state index is -0.762. The van der Waals surface area contributed by atoms with Crippen LogP contribution < -0.4 is 0 Å². The summed E-state index contributed by atoms with van der Waals surface area (Å²) in [5.41, 5.74) is 0. The summed E-state index contributed by atoms with van der Waals surface area (Å²) in [7, 11) is 0. The van der Waals surface area contributed by atoms with E-state index in [4.69, 9.17) is 14.2 Å². The van der Waals surface area contributed by atoms with Gasteiger partial charge in [0.05, 0.1) is 0 Å². The molecule has 0 spiro atoms. The molecular formula is C53H102O6. The summed E-state index contributed by atoms with van der Waals surface area (Å²) in [4.78, 5) is 37.9. The van der Waals surface area contributed by atoms with E-state index in [-0.39, 0.29) is 31.1 Å². The molecule has 0 aromatic carbocycles. The van der Waals surface area contributed by atoms with E-state index < -0.39 is 6.10 Å². The van der Waals surface area contributed by atoms with E-state index >= 15 is 0 Å². The van der Waals surface area contributed by atoms with Crippen molar-refractivity contribution in [3.8, 4) is 0 Å². The van der Waals surface area contributed by atoms with Gasteiger partial charge in [0.1, 0.15) is 13.2 Å². The van der Waals surface area contributed by atoms with E-state index in [0.717, 1.165) is 69.6 Å². The van der Waals surface area contributed by atoms with Crippen molar-refractivity contribution in [1.29, 1.82) is 0 Å². The molecule has 0 rings (SSSR count). The number of carbonyl (C=O) groups is 3. The number of ether oxygens (including phenoxy) is 3. The van der Waals surface area contributed by atoms with Gasteiger partial charge in [-0.15, -0.1) is 0 Å². The first kappa shape index (κ1) is 57.4. The lowest BCUT2D eigenvalue weighted by Crippen LogP contribution is -2.30. The van der Waals surface area contributed by atoms with Crippen LogP contribution in [-0.2, 0) is 28.6 Å². The molecule has 0 bridgehead atoms. The number of hydrogen-bond acceptors (Lipinski definition) is 6. The lowest BCUT2D eigenvalue weighted by molar-refractivity contribution is -0.167. The molecule has 0 aliphatic carbocycles. The first-order valence-corrected chi connectivity index (χ1v) is 26.3. The summed E-state index contributed by atoms with van der Waals surface area (Å²) >= 11 is 0. The molecule has 59 heavy (non-hydrogen) atoms. The molecule has 0 aromatic heterocycles. The molecule has 0 radical (unpaired) electrons. The second-order valence-electron chi connectivity index (χ2n) is 18.9. The molecule has 0 aromatic rings. The molecule has 0 N–H and O–H groups in total. The number of esters is 3. The number of carbonyl (C=O) groups excluding carboxylic acids is 3. The van der Waals surface area contributed by atoms with Crippen LogP contribution in [0.5, 0.6) is 0 Å². The second kappa shape index (κ2) is 45.9. The zero-order valence-electron chi connectivity index (χ0n) is 40.4. The summed E-state index contributed by atoms with van der Waals surface area (Å²) in [6.45, 7) is 11.4. The molecule has 0 aliphatic rings. The average Bonchev–Trinajstić information content (AvgIpc) is 3.22. The van der Waals surface area contributed by atoms with E-state index in [9.17, 15) is 14.4 Å². The van der Waals surface area contributed by atoms with Crippen molar-refractivity contribution in [2.24, 2.45) is 11.8 Å². The molecule has 2 atom stereocenters. The summed E-state index contributed by atoms with van der Waals surface area (Å²) in [5.74, 6) is 0.826. The van der Waals surface area contributed by atoms with E-state index in [1.54, 1.807) is 0 Å². The average molecular weight is 835 g/mol. The Labute approximate surface area is 368 Å². The third-order valence-corrected chi connectivity index (χ3v) is 12.3. The summed E-state index contributed by atoms with van der Waals surface area (Å²) in [6.07, 6.45) is 46.6. The van der Waals surface area contributed by atoms with Gasteiger partial charge in [-0.2, -0.15) is 0 Å². The van der Waals surface area contributed by atoms with Crippen molar-refractivity contribution < 1.29 is 28.6 Å². The molecule has 1 unspecified atom stereocenters. The van der Waals surface area contributed by atoms with Crippen LogP contribution in [0.4, 0.5) is 0 Å². The maximum absolute atomic E-state index is 12.8. The van der Waals surface area contributed by atoms with Gasteiger partial charge in [0, 0.05) is 19.3 Å². The fourth-order valence-electron chi connectivity index (χ4n) is 7.96. The van der Waals surface area contributed by atoms with Gasteiger partial charge >= 0.3 is 17.9 Å².